The summed E-state index contributed by atoms with van der Waals surface area (Å²) in [5.74, 6) is -4.64. The second kappa shape index (κ2) is 26.3. The van der Waals surface area contributed by atoms with Gasteiger partial charge >= 0.3 is 28.4 Å². The summed E-state index contributed by atoms with van der Waals surface area (Å²) in [5.41, 5.74) is 2.77. The molecule has 0 bridgehead atoms. The number of hydrogen-bond donors (Lipinski definition) is 1. The van der Waals surface area contributed by atoms with E-state index in [1.165, 1.54) is 37.5 Å². The number of rotatable bonds is 23. The number of anilines is 1. The first-order valence-corrected chi connectivity index (χ1v) is 29.5. The van der Waals surface area contributed by atoms with E-state index in [9.17, 15) is 59.5 Å². The van der Waals surface area contributed by atoms with Crippen LogP contribution < -0.4 is 9.47 Å². The number of nitrogens with zero attached hydrogens (tertiary/aromatic N) is 6. The normalized spacial score (nSPS) is 18.1. The van der Waals surface area contributed by atoms with Crippen molar-refractivity contribution in [2.75, 3.05) is 30.9 Å². The SMILES string of the molecule is CCCN1/C(=C/C=C/C=C/C2=Nc3c(cc(C(=O)N(C)OCCCCCC(=O)ON4C(=O)CCC4=O)c[n+]3CCCS(=O)(=O)[O-])C2(C)C)C(C)(Cc2ccc(C(=O)ON3C(=O)CCC3=O)cc2)c2cc(S(=O)(=O)O)ccc21.O=S(=O)=O. The molecule has 81 heavy (non-hydrogen) atoms. The fourth-order valence-corrected chi connectivity index (χ4v) is 10.5. The van der Waals surface area contributed by atoms with Crippen LogP contribution in [0.15, 0.2) is 101 Å². The van der Waals surface area contributed by atoms with Crippen molar-refractivity contribution in [3.63, 3.8) is 0 Å². The van der Waals surface area contributed by atoms with Gasteiger partial charge in [-0.25, -0.2) is 27.6 Å². The summed E-state index contributed by atoms with van der Waals surface area (Å²) in [4.78, 5) is 109. The Morgan fingerprint density at radius 1 is 0.815 bits per heavy atom. The molecule has 5 amide bonds. The van der Waals surface area contributed by atoms with Crippen LogP contribution in [0.5, 0.6) is 0 Å². The summed E-state index contributed by atoms with van der Waals surface area (Å²) in [7, 11) is -10.8. The number of allylic oxidation sites excluding steroid dienone is 6. The van der Waals surface area contributed by atoms with E-state index in [0.29, 0.717) is 71.4 Å². The maximum absolute atomic E-state index is 13.8. The zero-order valence-corrected chi connectivity index (χ0v) is 47.3. The Balaban J connectivity index is 0.00000255. The number of aryl methyl sites for hydroxylation is 1. The Morgan fingerprint density at radius 2 is 1.43 bits per heavy atom. The monoisotopic (exact) mass is 1180 g/mol. The van der Waals surface area contributed by atoms with Crippen LogP contribution in [0.3, 0.4) is 0 Å². The first-order chi connectivity index (χ1) is 38.0. The predicted molar refractivity (Wildman–Crippen MR) is 284 cm³/mol. The van der Waals surface area contributed by atoms with E-state index < -0.39 is 88.9 Å². The van der Waals surface area contributed by atoms with Gasteiger partial charge in [-0.3, -0.25) is 33.4 Å². The summed E-state index contributed by atoms with van der Waals surface area (Å²) in [6.45, 7) is 8.50. The van der Waals surface area contributed by atoms with E-state index in [-0.39, 0.29) is 67.7 Å². The minimum atomic E-state index is -4.59. The highest BCUT2D eigenvalue weighted by atomic mass is 32.2. The highest BCUT2D eigenvalue weighted by molar-refractivity contribution is 7.86. The first-order valence-electron chi connectivity index (χ1n) is 25.5. The van der Waals surface area contributed by atoms with Crippen LogP contribution in [0.25, 0.3) is 0 Å². The van der Waals surface area contributed by atoms with Gasteiger partial charge in [-0.15, -0.1) is 22.8 Å². The standard InChI is InChI=1S/C53H60N6O16S2.O3S/c1-6-27-57-41-22-21-38(77(70,71)72)32-39(41)53(4,33-35-17-19-36(20-18-35)51(66)75-59-46(62)25-26-47(59)63)43(57)15-10-7-9-14-42-52(2,3)40-31-37(34-56(49(40)54-42)28-13-30-76(67,68)69)50(65)55(5)73-29-12-8-11-16-48(64)74-58-44(60)23-24-45(58)61;1-4(2)3/h7,9-10,14-15,17-22,31-32,34H,6,8,11-13,16,23-30,33H2,1-5H3,(H-,67,68,69,70,71,72);. The number of aliphatic imine (C=N–C) groups is 1. The van der Waals surface area contributed by atoms with Gasteiger partial charge in [0, 0.05) is 68.2 Å². The molecule has 7 rings (SSSR count). The molecule has 1 aromatic heterocycles. The quantitative estimate of drug-likeness (QED) is 0.0345. The Labute approximate surface area is 468 Å². The minimum Gasteiger partial charge on any atom is -0.748 e. The van der Waals surface area contributed by atoms with E-state index in [1.807, 2.05) is 39.8 Å². The lowest BCUT2D eigenvalue weighted by atomic mass is 9.76. The third-order valence-corrected chi connectivity index (χ3v) is 15.2. The van der Waals surface area contributed by atoms with Crippen LogP contribution >= 0.6 is 0 Å². The molecular weight excluding hydrogens is 1120 g/mol. The molecule has 0 aliphatic carbocycles. The molecule has 2 aromatic carbocycles. The molecule has 0 radical (unpaired) electrons. The van der Waals surface area contributed by atoms with Crippen LogP contribution in [0.4, 0.5) is 11.5 Å². The van der Waals surface area contributed by atoms with Crippen molar-refractivity contribution in [3.05, 3.63) is 119 Å². The minimum absolute atomic E-state index is 0.00601. The van der Waals surface area contributed by atoms with Gasteiger partial charge in [0.25, 0.3) is 39.7 Å². The molecular formula is C53H60N6O19S3. The summed E-state index contributed by atoms with van der Waals surface area (Å²) < 4.78 is 96.7. The van der Waals surface area contributed by atoms with Crippen LogP contribution in [0.1, 0.15) is 129 Å². The second-order valence-corrected chi connectivity index (χ2v) is 23.2. The number of pyridine rings is 1. The average molecular weight is 1180 g/mol. The maximum atomic E-state index is 13.8. The second-order valence-electron chi connectivity index (χ2n) is 19.9. The lowest BCUT2D eigenvalue weighted by Crippen LogP contribution is -2.39. The van der Waals surface area contributed by atoms with Gasteiger partial charge in [0.15, 0.2) is 5.71 Å². The Hall–Kier alpha value is -7.63. The van der Waals surface area contributed by atoms with E-state index in [2.05, 4.69) is 4.90 Å². The third kappa shape index (κ3) is 15.6. The van der Waals surface area contributed by atoms with Gasteiger partial charge < -0.3 is 19.1 Å². The molecule has 25 nitrogen and oxygen atoms in total. The topological polar surface area (TPSA) is 339 Å². The van der Waals surface area contributed by atoms with Crippen molar-refractivity contribution in [2.24, 2.45) is 4.99 Å². The van der Waals surface area contributed by atoms with E-state index in [0.717, 1.165) is 22.0 Å². The van der Waals surface area contributed by atoms with Crippen molar-refractivity contribution >= 4 is 89.5 Å². The molecule has 4 aliphatic rings. The molecule has 1 unspecified atom stereocenters. The van der Waals surface area contributed by atoms with E-state index in [1.54, 1.807) is 47.1 Å². The Morgan fingerprint density at radius 3 is 2.02 bits per heavy atom. The van der Waals surface area contributed by atoms with E-state index in [4.69, 9.17) is 32.1 Å². The summed E-state index contributed by atoms with van der Waals surface area (Å²) >= 11 is 0. The van der Waals surface area contributed by atoms with E-state index >= 15 is 0 Å². The number of benzene rings is 2. The summed E-state index contributed by atoms with van der Waals surface area (Å²) in [5, 5.41) is 2.04. The Bertz CT molecular complexity index is 3450. The number of carbonyl (C=O) groups excluding carboxylic acids is 7. The van der Waals surface area contributed by atoms with Crippen LogP contribution in [0, 0.1) is 0 Å². The molecule has 2 fully saturated rings. The molecule has 0 spiro atoms. The van der Waals surface area contributed by atoms with Crippen molar-refractivity contribution in [3.8, 4) is 0 Å². The number of hydroxylamine groups is 6. The third-order valence-electron chi connectivity index (χ3n) is 13.6. The van der Waals surface area contributed by atoms with Crippen molar-refractivity contribution in [1.82, 2.24) is 15.2 Å². The van der Waals surface area contributed by atoms with Gasteiger partial charge in [-0.05, 0) is 118 Å². The number of carbonyl (C=O) groups is 7. The average Bonchev–Trinajstić information content (AvgIpc) is 4.16. The molecule has 5 heterocycles. The zero-order chi connectivity index (χ0) is 59.6. The van der Waals surface area contributed by atoms with Crippen molar-refractivity contribution < 1.29 is 91.2 Å². The van der Waals surface area contributed by atoms with Gasteiger partial charge in [0.05, 0.1) is 50.3 Å². The first kappa shape index (κ1) is 62.6. The number of amides is 5. The largest absolute Gasteiger partial charge is 0.748 e. The number of fused-ring (bicyclic) bond motifs is 2. The van der Waals surface area contributed by atoms with Crippen molar-refractivity contribution in [1.29, 1.82) is 0 Å². The zero-order valence-electron chi connectivity index (χ0n) is 44.9. The van der Waals surface area contributed by atoms with Gasteiger partial charge in [0.2, 0.25) is 0 Å². The summed E-state index contributed by atoms with van der Waals surface area (Å²) in [6, 6.07) is 12.6. The predicted octanol–water partition coefficient (Wildman–Crippen LogP) is 4.33. The molecule has 2 saturated heterocycles. The highest BCUT2D eigenvalue weighted by Gasteiger charge is 2.45. The van der Waals surface area contributed by atoms with Crippen LogP contribution in [-0.4, -0.2) is 127 Å². The molecule has 1 atom stereocenters. The molecule has 3 aromatic rings. The number of aromatic nitrogens is 1. The molecule has 1 N–H and O–H groups in total. The number of unbranched alkanes of at least 4 members (excludes halogenated alkanes) is 2. The lowest BCUT2D eigenvalue weighted by molar-refractivity contribution is -0.684. The fraction of sp³-hybridized carbons (Fsp3) is 0.415. The smallest absolute Gasteiger partial charge is 0.425 e. The number of imide groups is 2. The van der Waals surface area contributed by atoms with Crippen molar-refractivity contribution in [2.45, 2.75) is 121 Å². The van der Waals surface area contributed by atoms with Crippen LogP contribution in [0.2, 0.25) is 0 Å². The van der Waals surface area contributed by atoms with Crippen LogP contribution in [-0.2, 0) is 93.1 Å². The highest BCUT2D eigenvalue weighted by Crippen LogP contribution is 2.50. The summed E-state index contributed by atoms with van der Waals surface area (Å²) in [6.07, 6.45) is 12.8. The molecule has 28 heteroatoms. The molecule has 0 saturated carbocycles. The van der Waals surface area contributed by atoms with Gasteiger partial charge in [0.1, 0.15) is 6.20 Å². The molecule has 434 valence electrons. The lowest BCUT2D eigenvalue weighted by Gasteiger charge is -2.30. The van der Waals surface area contributed by atoms with Gasteiger partial charge in [-0.1, -0.05) is 43.7 Å². The Kier molecular flexibility index (Phi) is 20.3. The van der Waals surface area contributed by atoms with Gasteiger partial charge in [-0.2, -0.15) is 8.42 Å². The molecule has 4 aliphatic heterocycles. The number of hydrogen-bond acceptors (Lipinski definition) is 20. The fourth-order valence-electron chi connectivity index (χ4n) is 9.52. The maximum Gasteiger partial charge on any atom is 0.425 e.